The van der Waals surface area contributed by atoms with Gasteiger partial charge in [0.25, 0.3) is 0 Å². The van der Waals surface area contributed by atoms with Crippen LogP contribution < -0.4 is 5.32 Å². The number of hydrogen-bond donors (Lipinski definition) is 1. The Kier molecular flexibility index (Phi) is 5.70. The summed E-state index contributed by atoms with van der Waals surface area (Å²) in [4.78, 5) is 14.6. The fourth-order valence-electron chi connectivity index (χ4n) is 4.02. The molecule has 122 valence electrons. The van der Waals surface area contributed by atoms with Gasteiger partial charge in [0.1, 0.15) is 0 Å². The normalized spacial score (nSPS) is 31.0. The molecule has 1 aliphatic heterocycles. The molecular weight excluding hydrogens is 260 g/mol. The molecule has 3 nitrogen and oxygen atoms in total. The van der Waals surface area contributed by atoms with Crippen LogP contribution in [0.25, 0.3) is 0 Å². The summed E-state index contributed by atoms with van der Waals surface area (Å²) in [6.07, 6.45) is 8.41. The minimum absolute atomic E-state index is 0.275. The summed E-state index contributed by atoms with van der Waals surface area (Å²) in [5, 5.41) is 3.54. The molecule has 1 unspecified atom stereocenters. The minimum Gasteiger partial charge on any atom is -0.344 e. The first-order valence-electron chi connectivity index (χ1n) is 8.86. The predicted molar refractivity (Wildman–Crippen MR) is 88.2 cm³/mol. The quantitative estimate of drug-likeness (QED) is 0.865. The van der Waals surface area contributed by atoms with Gasteiger partial charge in [0.15, 0.2) is 0 Å². The van der Waals surface area contributed by atoms with E-state index in [2.05, 4.69) is 26.1 Å². The van der Waals surface area contributed by atoms with Crippen LogP contribution in [-0.4, -0.2) is 37.0 Å². The summed E-state index contributed by atoms with van der Waals surface area (Å²) in [6, 6.07) is 0.513. The van der Waals surface area contributed by atoms with E-state index < -0.39 is 0 Å². The fraction of sp³-hybridized carbons (Fsp3) is 0.944. The van der Waals surface area contributed by atoms with E-state index in [-0.39, 0.29) is 5.92 Å². The van der Waals surface area contributed by atoms with Crippen molar-refractivity contribution < 1.29 is 4.79 Å². The Balaban J connectivity index is 1.78. The van der Waals surface area contributed by atoms with E-state index in [4.69, 9.17) is 0 Å². The lowest BCUT2D eigenvalue weighted by atomic mass is 9.69. The lowest BCUT2D eigenvalue weighted by molar-refractivity contribution is -0.136. The van der Waals surface area contributed by atoms with Crippen LogP contribution in [0.15, 0.2) is 0 Å². The number of rotatable bonds is 3. The Morgan fingerprint density at radius 3 is 2.29 bits per heavy atom. The van der Waals surface area contributed by atoms with Gasteiger partial charge in [-0.15, -0.1) is 0 Å². The number of nitrogens with one attached hydrogen (secondary N) is 1. The molecule has 3 heteroatoms. The first-order valence-corrected chi connectivity index (χ1v) is 8.86. The highest BCUT2D eigenvalue weighted by molar-refractivity contribution is 5.78. The summed E-state index contributed by atoms with van der Waals surface area (Å²) in [5.74, 6) is 1.44. The highest BCUT2D eigenvalue weighted by Gasteiger charge is 2.33. The van der Waals surface area contributed by atoms with Crippen LogP contribution in [0.2, 0.25) is 0 Å². The second-order valence-electron chi connectivity index (χ2n) is 8.28. The average molecular weight is 294 g/mol. The largest absolute Gasteiger partial charge is 0.344 e. The third-order valence-corrected chi connectivity index (χ3v) is 5.58. The zero-order chi connectivity index (χ0) is 15.5. The molecule has 0 aromatic heterocycles. The molecule has 2 rings (SSSR count). The van der Waals surface area contributed by atoms with E-state index in [1.165, 1.54) is 32.1 Å². The van der Waals surface area contributed by atoms with Gasteiger partial charge in [-0.2, -0.15) is 0 Å². The van der Waals surface area contributed by atoms with Crippen molar-refractivity contribution in [1.29, 1.82) is 0 Å². The third kappa shape index (κ3) is 4.70. The van der Waals surface area contributed by atoms with Crippen LogP contribution in [-0.2, 0) is 4.79 Å². The lowest BCUT2D eigenvalue weighted by Gasteiger charge is -2.38. The molecule has 0 bridgehead atoms. The van der Waals surface area contributed by atoms with Crippen LogP contribution >= 0.6 is 0 Å². The Morgan fingerprint density at radius 2 is 1.76 bits per heavy atom. The first kappa shape index (κ1) is 16.8. The van der Waals surface area contributed by atoms with Gasteiger partial charge in [0, 0.05) is 25.6 Å². The zero-order valence-corrected chi connectivity index (χ0v) is 14.5. The van der Waals surface area contributed by atoms with Crippen molar-refractivity contribution in [3.05, 3.63) is 0 Å². The van der Waals surface area contributed by atoms with Crippen molar-refractivity contribution in [3.8, 4) is 0 Å². The molecular formula is C18H34N2O. The average Bonchev–Trinajstić information content (AvgIpc) is 2.46. The van der Waals surface area contributed by atoms with E-state index in [0.717, 1.165) is 31.8 Å². The van der Waals surface area contributed by atoms with Gasteiger partial charge in [-0.05, 0) is 56.4 Å². The topological polar surface area (TPSA) is 32.3 Å². The summed E-state index contributed by atoms with van der Waals surface area (Å²) in [6.45, 7) is 9.00. The van der Waals surface area contributed by atoms with E-state index in [1.807, 2.05) is 11.9 Å². The Hall–Kier alpha value is -0.570. The molecule has 2 fully saturated rings. The molecule has 1 amide bonds. The van der Waals surface area contributed by atoms with E-state index in [9.17, 15) is 4.79 Å². The number of carbonyl (C=O) groups excluding carboxylic acids is 1. The molecule has 1 heterocycles. The van der Waals surface area contributed by atoms with Crippen LogP contribution in [0.5, 0.6) is 0 Å². The summed E-state index contributed by atoms with van der Waals surface area (Å²) in [5.41, 5.74) is 0.395. The summed E-state index contributed by atoms with van der Waals surface area (Å²) in [7, 11) is 1.99. The molecule has 21 heavy (non-hydrogen) atoms. The van der Waals surface area contributed by atoms with Gasteiger partial charge in [0.05, 0.1) is 0 Å². The molecule has 1 saturated heterocycles. The van der Waals surface area contributed by atoms with E-state index in [0.29, 0.717) is 17.4 Å². The molecule has 2 aliphatic rings. The van der Waals surface area contributed by atoms with Crippen molar-refractivity contribution in [3.63, 3.8) is 0 Å². The Bertz CT molecular complexity index is 334. The number of carbonyl (C=O) groups is 1. The van der Waals surface area contributed by atoms with Crippen LogP contribution in [0.3, 0.4) is 0 Å². The van der Waals surface area contributed by atoms with Gasteiger partial charge in [-0.1, -0.05) is 27.2 Å². The second-order valence-corrected chi connectivity index (χ2v) is 8.28. The SMILES string of the molecule is CN(CC1CCCCN1)C(=O)C1CCC(C(C)(C)C)CC1. The van der Waals surface area contributed by atoms with E-state index in [1.54, 1.807) is 0 Å². The van der Waals surface area contributed by atoms with Crippen molar-refractivity contribution in [2.24, 2.45) is 17.3 Å². The molecule has 0 aromatic rings. The first-order chi connectivity index (χ1) is 9.88. The standard InChI is InChI=1S/C18H34N2O/c1-18(2,3)15-10-8-14(9-11-15)17(21)20(4)13-16-7-5-6-12-19-16/h14-16,19H,5-13H2,1-4H3. The summed E-state index contributed by atoms with van der Waals surface area (Å²) >= 11 is 0. The van der Waals surface area contributed by atoms with Gasteiger partial charge in [-0.25, -0.2) is 0 Å². The molecule has 0 aromatic carbocycles. The maximum absolute atomic E-state index is 12.6. The lowest BCUT2D eigenvalue weighted by Crippen LogP contribution is -2.46. The van der Waals surface area contributed by atoms with Crippen LogP contribution in [0.1, 0.15) is 65.7 Å². The Labute approximate surface area is 130 Å². The second kappa shape index (κ2) is 7.13. The third-order valence-electron chi connectivity index (χ3n) is 5.58. The van der Waals surface area contributed by atoms with Crippen molar-refractivity contribution >= 4 is 5.91 Å². The molecule has 1 atom stereocenters. The van der Waals surface area contributed by atoms with Gasteiger partial charge >= 0.3 is 0 Å². The fourth-order valence-corrected chi connectivity index (χ4v) is 4.02. The molecule has 1 N–H and O–H groups in total. The van der Waals surface area contributed by atoms with Gasteiger partial charge in [0.2, 0.25) is 5.91 Å². The predicted octanol–water partition coefficient (Wildman–Crippen LogP) is 3.44. The van der Waals surface area contributed by atoms with Crippen molar-refractivity contribution in [2.75, 3.05) is 20.1 Å². The highest BCUT2D eigenvalue weighted by Crippen LogP contribution is 2.40. The monoisotopic (exact) mass is 294 g/mol. The zero-order valence-electron chi connectivity index (χ0n) is 14.5. The number of amides is 1. The maximum atomic E-state index is 12.6. The summed E-state index contributed by atoms with van der Waals surface area (Å²) < 4.78 is 0. The smallest absolute Gasteiger partial charge is 0.225 e. The van der Waals surface area contributed by atoms with Crippen molar-refractivity contribution in [2.45, 2.75) is 71.8 Å². The number of nitrogens with zero attached hydrogens (tertiary/aromatic N) is 1. The van der Waals surface area contributed by atoms with Gasteiger partial charge < -0.3 is 10.2 Å². The molecule has 1 saturated carbocycles. The number of likely N-dealkylation sites (N-methyl/N-ethyl adjacent to an activating group) is 1. The highest BCUT2D eigenvalue weighted by atomic mass is 16.2. The molecule has 1 aliphatic carbocycles. The van der Waals surface area contributed by atoms with E-state index >= 15 is 0 Å². The van der Waals surface area contributed by atoms with Gasteiger partial charge in [-0.3, -0.25) is 4.79 Å². The minimum atomic E-state index is 0.275. The molecule has 0 spiro atoms. The number of piperidine rings is 1. The van der Waals surface area contributed by atoms with Crippen molar-refractivity contribution in [1.82, 2.24) is 10.2 Å². The van der Waals surface area contributed by atoms with Crippen LogP contribution in [0, 0.1) is 17.3 Å². The number of hydrogen-bond acceptors (Lipinski definition) is 2. The van der Waals surface area contributed by atoms with Crippen LogP contribution in [0.4, 0.5) is 0 Å². The molecule has 0 radical (unpaired) electrons. The maximum Gasteiger partial charge on any atom is 0.225 e. The Morgan fingerprint density at radius 1 is 1.10 bits per heavy atom.